The minimum Gasteiger partial charge on any atom is -0.414 e. The summed E-state index contributed by atoms with van der Waals surface area (Å²) in [6.45, 7) is 13.0. The molecule has 0 rings (SSSR count). The molecule has 0 fully saturated rings. The van der Waals surface area contributed by atoms with Crippen LogP contribution in [0.25, 0.3) is 0 Å². The Hall–Kier alpha value is -0.393. The van der Waals surface area contributed by atoms with Gasteiger partial charge in [0.1, 0.15) is 0 Å². The van der Waals surface area contributed by atoms with Crippen molar-refractivity contribution in [3.8, 4) is 0 Å². The Kier molecular flexibility index (Phi) is 5.65. The SMILES string of the molecule is CCNC(=O)C(O)CO[Si](C)(C)C(C)(C)C. The number of hydrogen-bond donors (Lipinski definition) is 2. The summed E-state index contributed by atoms with van der Waals surface area (Å²) in [6.07, 6.45) is -1.06. The molecular formula is C11H25NO3Si. The molecule has 1 amide bonds. The average molecular weight is 247 g/mol. The highest BCUT2D eigenvalue weighted by atomic mass is 28.4. The van der Waals surface area contributed by atoms with E-state index in [1.807, 2.05) is 6.92 Å². The van der Waals surface area contributed by atoms with Crippen molar-refractivity contribution >= 4 is 14.2 Å². The molecule has 96 valence electrons. The van der Waals surface area contributed by atoms with Crippen LogP contribution in [-0.2, 0) is 9.22 Å². The van der Waals surface area contributed by atoms with E-state index in [4.69, 9.17) is 4.43 Å². The Morgan fingerprint density at radius 1 is 1.44 bits per heavy atom. The molecule has 0 aliphatic rings. The molecule has 0 radical (unpaired) electrons. The van der Waals surface area contributed by atoms with E-state index < -0.39 is 14.4 Å². The first kappa shape index (κ1) is 15.6. The first-order valence-electron chi connectivity index (χ1n) is 5.71. The summed E-state index contributed by atoms with van der Waals surface area (Å²) in [7, 11) is -1.88. The molecule has 0 heterocycles. The van der Waals surface area contributed by atoms with Crippen LogP contribution in [0.15, 0.2) is 0 Å². The Labute approximate surface area is 99.5 Å². The first-order valence-corrected chi connectivity index (χ1v) is 8.62. The van der Waals surface area contributed by atoms with Crippen LogP contribution in [0.4, 0.5) is 0 Å². The van der Waals surface area contributed by atoms with Crippen molar-refractivity contribution < 1.29 is 14.3 Å². The van der Waals surface area contributed by atoms with Gasteiger partial charge in [0.05, 0.1) is 6.61 Å². The monoisotopic (exact) mass is 247 g/mol. The zero-order chi connectivity index (χ0) is 13.0. The van der Waals surface area contributed by atoms with Crippen LogP contribution in [0.1, 0.15) is 27.7 Å². The molecule has 0 aromatic rings. The standard InChI is InChI=1S/C11H25NO3Si/c1-7-12-10(14)9(13)8-15-16(5,6)11(2,3)4/h9,13H,7-8H2,1-6H3,(H,12,14). The third kappa shape index (κ3) is 4.63. The van der Waals surface area contributed by atoms with Crippen molar-refractivity contribution in [3.63, 3.8) is 0 Å². The molecule has 0 bridgehead atoms. The Morgan fingerprint density at radius 3 is 2.31 bits per heavy atom. The molecule has 5 heteroatoms. The smallest absolute Gasteiger partial charge is 0.251 e. The fraction of sp³-hybridized carbons (Fsp3) is 0.909. The summed E-state index contributed by atoms with van der Waals surface area (Å²) in [4.78, 5) is 11.3. The van der Waals surface area contributed by atoms with Crippen LogP contribution >= 0.6 is 0 Å². The van der Waals surface area contributed by atoms with Crippen molar-refractivity contribution in [1.29, 1.82) is 0 Å². The predicted molar refractivity (Wildman–Crippen MR) is 67.8 cm³/mol. The van der Waals surface area contributed by atoms with E-state index in [0.717, 1.165) is 0 Å². The van der Waals surface area contributed by atoms with Crippen molar-refractivity contribution in [3.05, 3.63) is 0 Å². The van der Waals surface area contributed by atoms with E-state index in [-0.39, 0.29) is 17.6 Å². The van der Waals surface area contributed by atoms with Gasteiger partial charge in [0.2, 0.25) is 0 Å². The molecule has 1 unspecified atom stereocenters. The van der Waals surface area contributed by atoms with E-state index in [1.165, 1.54) is 0 Å². The second-order valence-electron chi connectivity index (χ2n) is 5.48. The highest BCUT2D eigenvalue weighted by molar-refractivity contribution is 6.74. The third-order valence-electron chi connectivity index (χ3n) is 3.06. The number of hydrogen-bond acceptors (Lipinski definition) is 3. The van der Waals surface area contributed by atoms with Crippen LogP contribution in [0, 0.1) is 0 Å². The van der Waals surface area contributed by atoms with Gasteiger partial charge in [-0.15, -0.1) is 0 Å². The number of rotatable bonds is 5. The number of aliphatic hydroxyl groups is 1. The van der Waals surface area contributed by atoms with Gasteiger partial charge in [-0.1, -0.05) is 20.8 Å². The van der Waals surface area contributed by atoms with Crippen LogP contribution in [0.2, 0.25) is 18.1 Å². The second-order valence-corrected chi connectivity index (χ2v) is 10.3. The van der Waals surface area contributed by atoms with Crippen LogP contribution < -0.4 is 5.32 Å². The lowest BCUT2D eigenvalue weighted by atomic mass is 10.2. The van der Waals surface area contributed by atoms with Gasteiger partial charge in [-0.2, -0.15) is 0 Å². The normalized spacial score (nSPS) is 14.7. The summed E-state index contributed by atoms with van der Waals surface area (Å²) >= 11 is 0. The quantitative estimate of drug-likeness (QED) is 0.724. The maximum atomic E-state index is 11.3. The maximum Gasteiger partial charge on any atom is 0.251 e. The van der Waals surface area contributed by atoms with Gasteiger partial charge in [-0.3, -0.25) is 4.79 Å². The van der Waals surface area contributed by atoms with Crippen LogP contribution in [0.5, 0.6) is 0 Å². The summed E-state index contributed by atoms with van der Waals surface area (Å²) in [6, 6.07) is 0. The molecule has 0 saturated carbocycles. The highest BCUT2D eigenvalue weighted by Crippen LogP contribution is 2.36. The van der Waals surface area contributed by atoms with Crippen molar-refractivity contribution in [2.75, 3.05) is 13.2 Å². The highest BCUT2D eigenvalue weighted by Gasteiger charge is 2.37. The van der Waals surface area contributed by atoms with Gasteiger partial charge in [-0.25, -0.2) is 0 Å². The van der Waals surface area contributed by atoms with E-state index in [0.29, 0.717) is 6.54 Å². The summed E-state index contributed by atoms with van der Waals surface area (Å²) in [5.74, 6) is -0.360. The topological polar surface area (TPSA) is 58.6 Å². The predicted octanol–water partition coefficient (Wildman–Crippen LogP) is 1.51. The van der Waals surface area contributed by atoms with Gasteiger partial charge in [0.25, 0.3) is 5.91 Å². The lowest BCUT2D eigenvalue weighted by Gasteiger charge is -2.36. The van der Waals surface area contributed by atoms with Crippen LogP contribution in [-0.4, -0.2) is 38.6 Å². The van der Waals surface area contributed by atoms with Gasteiger partial charge < -0.3 is 14.8 Å². The zero-order valence-electron chi connectivity index (χ0n) is 11.3. The number of carbonyl (C=O) groups excluding carboxylic acids is 1. The van der Waals surface area contributed by atoms with Crippen molar-refractivity contribution in [2.45, 2.75) is 51.9 Å². The number of nitrogens with one attached hydrogen (secondary N) is 1. The molecule has 0 aromatic carbocycles. The Bertz CT molecular complexity index is 236. The maximum absolute atomic E-state index is 11.3. The Balaban J connectivity index is 4.20. The molecule has 0 spiro atoms. The van der Waals surface area contributed by atoms with E-state index in [1.54, 1.807) is 0 Å². The fourth-order valence-electron chi connectivity index (χ4n) is 0.872. The molecular weight excluding hydrogens is 222 g/mol. The van der Waals surface area contributed by atoms with E-state index >= 15 is 0 Å². The summed E-state index contributed by atoms with van der Waals surface area (Å²) in [5.41, 5.74) is 0. The van der Waals surface area contributed by atoms with Gasteiger partial charge >= 0.3 is 0 Å². The number of carbonyl (C=O) groups is 1. The molecule has 0 aromatic heterocycles. The van der Waals surface area contributed by atoms with E-state index in [9.17, 15) is 9.90 Å². The van der Waals surface area contributed by atoms with Crippen LogP contribution in [0.3, 0.4) is 0 Å². The van der Waals surface area contributed by atoms with Gasteiger partial charge in [0.15, 0.2) is 14.4 Å². The lowest BCUT2D eigenvalue weighted by Crippen LogP contribution is -2.45. The molecule has 16 heavy (non-hydrogen) atoms. The minimum atomic E-state index is -1.88. The molecule has 0 aliphatic heterocycles. The number of aliphatic hydroxyl groups excluding tert-OH is 1. The van der Waals surface area contributed by atoms with E-state index in [2.05, 4.69) is 39.2 Å². The fourth-order valence-corrected chi connectivity index (χ4v) is 1.88. The van der Waals surface area contributed by atoms with Crippen molar-refractivity contribution in [1.82, 2.24) is 5.32 Å². The average Bonchev–Trinajstić information content (AvgIpc) is 2.12. The van der Waals surface area contributed by atoms with Crippen molar-refractivity contribution in [2.24, 2.45) is 0 Å². The van der Waals surface area contributed by atoms with Gasteiger partial charge in [-0.05, 0) is 25.1 Å². The molecule has 4 nitrogen and oxygen atoms in total. The lowest BCUT2D eigenvalue weighted by molar-refractivity contribution is -0.130. The molecule has 2 N–H and O–H groups in total. The molecule has 0 aliphatic carbocycles. The largest absolute Gasteiger partial charge is 0.414 e. The zero-order valence-corrected chi connectivity index (χ0v) is 12.3. The number of amides is 1. The summed E-state index contributed by atoms with van der Waals surface area (Å²) in [5, 5.41) is 12.2. The summed E-state index contributed by atoms with van der Waals surface area (Å²) < 4.78 is 5.75. The third-order valence-corrected chi connectivity index (χ3v) is 7.56. The molecule has 0 saturated heterocycles. The minimum absolute atomic E-state index is 0.0856. The Morgan fingerprint density at radius 2 is 1.94 bits per heavy atom. The second kappa shape index (κ2) is 5.79. The number of likely N-dealkylation sites (N-methyl/N-ethyl adjacent to an activating group) is 1. The molecule has 1 atom stereocenters. The first-order chi connectivity index (χ1) is 7.12. The van der Waals surface area contributed by atoms with Gasteiger partial charge in [0, 0.05) is 6.54 Å².